The molecule has 0 saturated heterocycles. The van der Waals surface area contributed by atoms with Crippen molar-refractivity contribution in [3.8, 4) is 0 Å². The summed E-state index contributed by atoms with van der Waals surface area (Å²) in [6, 6.07) is 6.23. The highest BCUT2D eigenvalue weighted by molar-refractivity contribution is 7.99. The molecule has 2 N–H and O–H groups in total. The van der Waals surface area contributed by atoms with E-state index in [9.17, 15) is 4.79 Å². The number of hydrogen-bond donors (Lipinski definition) is 2. The van der Waals surface area contributed by atoms with Crippen molar-refractivity contribution in [2.45, 2.75) is 18.5 Å². The third kappa shape index (κ3) is 3.33. The largest absolute Gasteiger partial charge is 0.338 e. The van der Waals surface area contributed by atoms with E-state index in [0.29, 0.717) is 15.9 Å². The topological polar surface area (TPSA) is 96.5 Å². The molecule has 4 rings (SSSR count). The first kappa shape index (κ1) is 16.0. The van der Waals surface area contributed by atoms with E-state index in [4.69, 9.17) is 0 Å². The number of aromatic nitrogens is 5. The van der Waals surface area contributed by atoms with Crippen LogP contribution in [0.15, 0.2) is 34.9 Å². The molecule has 1 aromatic carbocycles. The van der Waals surface area contributed by atoms with Crippen molar-refractivity contribution in [3.05, 3.63) is 35.3 Å². The lowest BCUT2D eigenvalue weighted by molar-refractivity contribution is -0.113. The molecule has 0 spiro atoms. The van der Waals surface area contributed by atoms with Gasteiger partial charge in [-0.1, -0.05) is 24.8 Å². The monoisotopic (exact) mass is 370 g/mol. The number of amides is 1. The number of hydrogen-bond acceptors (Lipinski definition) is 7. The molecule has 0 unspecified atom stereocenters. The number of carbonyl (C=O) groups excluding carboxylic acids is 1. The predicted molar refractivity (Wildman–Crippen MR) is 100 cm³/mol. The number of nitrogens with zero attached hydrogens (tertiary/aromatic N) is 4. The standard InChI is InChI=1S/C16H14N6OS2/c1-2-9-3-4-11-10(7-9)13-14(18-11)20-16(22-21-13)25-8-12(23)19-15-17-5-6-24-15/h3-7H,2,8H2,1H3,(H,17,19,23)(H,18,20,22). The molecule has 0 aliphatic heterocycles. The van der Waals surface area contributed by atoms with Crippen LogP contribution in [0.4, 0.5) is 5.13 Å². The van der Waals surface area contributed by atoms with Crippen LogP contribution < -0.4 is 5.32 Å². The van der Waals surface area contributed by atoms with Gasteiger partial charge in [0.2, 0.25) is 11.1 Å². The summed E-state index contributed by atoms with van der Waals surface area (Å²) in [7, 11) is 0. The fourth-order valence-corrected chi connectivity index (χ4v) is 3.59. The number of thiazole rings is 1. The Morgan fingerprint density at radius 3 is 3.08 bits per heavy atom. The van der Waals surface area contributed by atoms with Crippen LogP contribution in [0.3, 0.4) is 0 Å². The van der Waals surface area contributed by atoms with Crippen LogP contribution in [0.5, 0.6) is 0 Å². The van der Waals surface area contributed by atoms with E-state index in [2.05, 4.69) is 49.5 Å². The minimum Gasteiger partial charge on any atom is -0.338 e. The maximum atomic E-state index is 11.9. The van der Waals surface area contributed by atoms with Crippen molar-refractivity contribution in [1.82, 2.24) is 25.1 Å². The minimum absolute atomic E-state index is 0.145. The van der Waals surface area contributed by atoms with Gasteiger partial charge in [-0.2, -0.15) is 0 Å². The maximum Gasteiger partial charge on any atom is 0.236 e. The van der Waals surface area contributed by atoms with Crippen LogP contribution in [-0.2, 0) is 11.2 Å². The summed E-state index contributed by atoms with van der Waals surface area (Å²) in [4.78, 5) is 23.7. The van der Waals surface area contributed by atoms with Crippen LogP contribution in [0, 0.1) is 0 Å². The zero-order valence-corrected chi connectivity index (χ0v) is 14.9. The van der Waals surface area contributed by atoms with E-state index in [-0.39, 0.29) is 11.7 Å². The van der Waals surface area contributed by atoms with Gasteiger partial charge in [0.15, 0.2) is 10.8 Å². The zero-order chi connectivity index (χ0) is 17.2. The first-order valence-corrected chi connectivity index (χ1v) is 9.56. The summed E-state index contributed by atoms with van der Waals surface area (Å²) < 4.78 is 0. The van der Waals surface area contributed by atoms with Crippen molar-refractivity contribution >= 4 is 56.2 Å². The first-order valence-electron chi connectivity index (χ1n) is 7.70. The third-order valence-electron chi connectivity index (χ3n) is 3.68. The number of anilines is 1. The number of H-pyrrole nitrogens is 1. The van der Waals surface area contributed by atoms with Gasteiger partial charge < -0.3 is 10.3 Å². The Hall–Kier alpha value is -2.52. The average molecular weight is 370 g/mol. The van der Waals surface area contributed by atoms with Crippen molar-refractivity contribution in [1.29, 1.82) is 0 Å². The minimum atomic E-state index is -0.145. The van der Waals surface area contributed by atoms with Crippen LogP contribution in [0.25, 0.3) is 22.1 Å². The molecule has 0 radical (unpaired) electrons. The highest BCUT2D eigenvalue weighted by atomic mass is 32.2. The van der Waals surface area contributed by atoms with Crippen molar-refractivity contribution < 1.29 is 4.79 Å². The fraction of sp³-hybridized carbons (Fsp3) is 0.188. The summed E-state index contributed by atoms with van der Waals surface area (Å²) in [5.74, 6) is 0.0559. The second-order valence-electron chi connectivity index (χ2n) is 5.32. The second-order valence-corrected chi connectivity index (χ2v) is 7.16. The first-order chi connectivity index (χ1) is 12.2. The van der Waals surface area contributed by atoms with Gasteiger partial charge in [-0.3, -0.25) is 4.79 Å². The molecule has 0 fully saturated rings. The molecule has 0 aliphatic carbocycles. The van der Waals surface area contributed by atoms with E-state index in [1.807, 2.05) is 11.4 Å². The van der Waals surface area contributed by atoms with Gasteiger partial charge in [0, 0.05) is 22.5 Å². The molecular formula is C16H14N6OS2. The smallest absolute Gasteiger partial charge is 0.236 e. The molecule has 9 heteroatoms. The Labute approximate surface area is 151 Å². The molecule has 0 saturated carbocycles. The number of nitrogens with one attached hydrogen (secondary N) is 2. The number of rotatable bonds is 5. The molecule has 3 heterocycles. The molecular weight excluding hydrogens is 356 g/mol. The van der Waals surface area contributed by atoms with Crippen LogP contribution in [-0.4, -0.2) is 36.8 Å². The fourth-order valence-electron chi connectivity index (χ4n) is 2.46. The van der Waals surface area contributed by atoms with E-state index in [0.717, 1.165) is 22.8 Å². The summed E-state index contributed by atoms with van der Waals surface area (Å²) in [6.07, 6.45) is 2.61. The molecule has 0 atom stereocenters. The highest BCUT2D eigenvalue weighted by Gasteiger charge is 2.12. The molecule has 3 aromatic heterocycles. The van der Waals surface area contributed by atoms with Crippen LogP contribution >= 0.6 is 23.1 Å². The predicted octanol–water partition coefficient (Wildman–Crippen LogP) is 3.26. The third-order valence-corrected chi connectivity index (χ3v) is 5.20. The van der Waals surface area contributed by atoms with E-state index >= 15 is 0 Å². The van der Waals surface area contributed by atoms with E-state index in [1.54, 1.807) is 6.20 Å². The van der Waals surface area contributed by atoms with Gasteiger partial charge in [-0.25, -0.2) is 9.97 Å². The normalized spacial score (nSPS) is 11.2. The Morgan fingerprint density at radius 2 is 2.28 bits per heavy atom. The van der Waals surface area contributed by atoms with Gasteiger partial charge in [0.05, 0.1) is 5.75 Å². The van der Waals surface area contributed by atoms with Crippen molar-refractivity contribution in [3.63, 3.8) is 0 Å². The van der Waals surface area contributed by atoms with E-state index < -0.39 is 0 Å². The molecule has 4 aromatic rings. The number of benzene rings is 1. The summed E-state index contributed by atoms with van der Waals surface area (Å²) >= 11 is 2.62. The highest BCUT2D eigenvalue weighted by Crippen LogP contribution is 2.25. The van der Waals surface area contributed by atoms with Gasteiger partial charge in [-0.05, 0) is 24.1 Å². The summed E-state index contributed by atoms with van der Waals surface area (Å²) in [5.41, 5.74) is 3.66. The Bertz CT molecular complexity index is 1040. The summed E-state index contributed by atoms with van der Waals surface area (Å²) in [6.45, 7) is 2.12. The van der Waals surface area contributed by atoms with E-state index in [1.165, 1.54) is 28.7 Å². The van der Waals surface area contributed by atoms with Gasteiger partial charge >= 0.3 is 0 Å². The number of carbonyl (C=O) groups is 1. The van der Waals surface area contributed by atoms with Gasteiger partial charge in [0.25, 0.3) is 0 Å². The van der Waals surface area contributed by atoms with Crippen molar-refractivity contribution in [2.75, 3.05) is 11.1 Å². The SMILES string of the molecule is CCc1ccc2[nH]c3nc(SCC(=O)Nc4nccs4)nnc3c2c1. The number of fused-ring (bicyclic) bond motifs is 3. The average Bonchev–Trinajstić information content (AvgIpc) is 3.26. The summed E-state index contributed by atoms with van der Waals surface area (Å²) in [5, 5.41) is 15.0. The van der Waals surface area contributed by atoms with Crippen LogP contribution in [0.1, 0.15) is 12.5 Å². The van der Waals surface area contributed by atoms with Crippen LogP contribution in [0.2, 0.25) is 0 Å². The zero-order valence-electron chi connectivity index (χ0n) is 13.3. The molecule has 7 nitrogen and oxygen atoms in total. The molecule has 0 aliphatic rings. The second kappa shape index (κ2) is 6.77. The number of aromatic amines is 1. The Kier molecular flexibility index (Phi) is 4.33. The number of aryl methyl sites for hydroxylation is 1. The Morgan fingerprint density at radius 1 is 1.36 bits per heavy atom. The quantitative estimate of drug-likeness (QED) is 0.524. The van der Waals surface area contributed by atoms with Crippen molar-refractivity contribution in [2.24, 2.45) is 0 Å². The Balaban J connectivity index is 1.52. The number of thioether (sulfide) groups is 1. The van der Waals surface area contributed by atoms with Gasteiger partial charge in [-0.15, -0.1) is 21.5 Å². The molecule has 126 valence electrons. The lowest BCUT2D eigenvalue weighted by atomic mass is 10.1. The molecule has 1 amide bonds. The lowest BCUT2D eigenvalue weighted by Crippen LogP contribution is -2.14. The molecule has 0 bridgehead atoms. The lowest BCUT2D eigenvalue weighted by Gasteiger charge is -2.00. The van der Waals surface area contributed by atoms with Gasteiger partial charge in [0.1, 0.15) is 5.52 Å². The molecule has 25 heavy (non-hydrogen) atoms. The maximum absolute atomic E-state index is 11.9.